The fourth-order valence-electron chi connectivity index (χ4n) is 10.00. The van der Waals surface area contributed by atoms with Gasteiger partial charge in [0.2, 0.25) is 18.0 Å². The first-order chi connectivity index (χ1) is 32.8. The average Bonchev–Trinajstić information content (AvgIpc) is 4.19. The third kappa shape index (κ3) is 8.69. The zero-order valence-corrected chi connectivity index (χ0v) is 40.7. The first kappa shape index (κ1) is 46.4. The van der Waals surface area contributed by atoms with Gasteiger partial charge < -0.3 is 44.6 Å². The number of benzene rings is 2. The molecule has 68 heavy (non-hydrogen) atoms. The molecule has 4 N–H and O–H groups in total. The number of H-pyrrole nitrogens is 2. The number of thiazole rings is 1. The van der Waals surface area contributed by atoms with Gasteiger partial charge in [0.25, 0.3) is 0 Å². The quantitative estimate of drug-likeness (QED) is 0.0867. The van der Waals surface area contributed by atoms with Gasteiger partial charge in [-0.15, -0.1) is 11.3 Å². The standard InChI is InChI=1S/C50H60N10O7S/c1-9-12-40-51-25-39(68-40)48-60-34-16-15-29(32-23-52-44(54-32)35-13-10-17-58(35)46(61)42(26(2)3)56-49(63)65-7)20-31(34)21-37(60)41-28(6)19-30(22-38(41)67-48)33-24-53-45(55-33)36-14-11-18-59(36)47(62)43(27(4)5)57-50(64)66-8/h15-16,19-27,35-36,42-43,48H,9-14,17-18H2,1-8H3,(H,52,54)(H,53,55)(H,56,63)(H,57,64)/t35-,36-,42-,43-,48?/m0/s1. The molecule has 5 atom stereocenters. The molecular weight excluding hydrogens is 885 g/mol. The first-order valence-electron chi connectivity index (χ1n) is 23.6. The minimum absolute atomic E-state index is 0.131. The van der Waals surface area contributed by atoms with Crippen molar-refractivity contribution in [1.82, 2.24) is 49.9 Å². The van der Waals surface area contributed by atoms with E-state index in [9.17, 15) is 19.2 Å². The van der Waals surface area contributed by atoms with Crippen LogP contribution >= 0.6 is 11.3 Å². The lowest BCUT2D eigenvalue weighted by Crippen LogP contribution is -2.51. The van der Waals surface area contributed by atoms with Crippen molar-refractivity contribution in [2.45, 2.75) is 110 Å². The topological polar surface area (TPSA) is 202 Å². The highest BCUT2D eigenvalue weighted by Crippen LogP contribution is 2.48. The molecular formula is C50H60N10O7S. The Bertz CT molecular complexity index is 2860. The second kappa shape index (κ2) is 19.1. The van der Waals surface area contributed by atoms with Crippen LogP contribution in [0.5, 0.6) is 5.75 Å². The van der Waals surface area contributed by atoms with Crippen LogP contribution in [0.4, 0.5) is 9.59 Å². The second-order valence-corrected chi connectivity index (χ2v) is 19.8. The number of methoxy groups -OCH3 is 2. The molecule has 358 valence electrons. The number of rotatable bonds is 13. The Labute approximate surface area is 399 Å². The number of imidazole rings is 2. The molecule has 4 aromatic heterocycles. The molecule has 1 unspecified atom stereocenters. The molecule has 6 aromatic rings. The van der Waals surface area contributed by atoms with E-state index in [1.165, 1.54) is 14.2 Å². The third-order valence-electron chi connectivity index (χ3n) is 13.4. The molecule has 9 rings (SSSR count). The van der Waals surface area contributed by atoms with Crippen LogP contribution in [-0.2, 0) is 25.5 Å². The zero-order valence-electron chi connectivity index (χ0n) is 39.8. The van der Waals surface area contributed by atoms with Gasteiger partial charge in [0, 0.05) is 41.4 Å². The molecule has 0 bridgehead atoms. The Balaban J connectivity index is 1.03. The fraction of sp³-hybridized carbons (Fsp3) is 0.460. The van der Waals surface area contributed by atoms with Crippen LogP contribution in [-0.4, -0.2) is 103 Å². The summed E-state index contributed by atoms with van der Waals surface area (Å²) in [5.74, 6) is 1.55. The molecule has 2 saturated heterocycles. The smallest absolute Gasteiger partial charge is 0.407 e. The largest absolute Gasteiger partial charge is 0.464 e. The highest BCUT2D eigenvalue weighted by atomic mass is 32.1. The maximum absolute atomic E-state index is 13.9. The van der Waals surface area contributed by atoms with Crippen molar-refractivity contribution in [3.05, 3.63) is 82.1 Å². The van der Waals surface area contributed by atoms with Crippen molar-refractivity contribution in [3.8, 4) is 39.5 Å². The van der Waals surface area contributed by atoms with Crippen LogP contribution in [0.1, 0.15) is 112 Å². The van der Waals surface area contributed by atoms with Crippen molar-refractivity contribution in [2.75, 3.05) is 27.3 Å². The van der Waals surface area contributed by atoms with Gasteiger partial charge in [-0.25, -0.2) is 24.5 Å². The Morgan fingerprint density at radius 2 is 1.38 bits per heavy atom. The van der Waals surface area contributed by atoms with Gasteiger partial charge in [-0.05, 0) is 93.2 Å². The van der Waals surface area contributed by atoms with Crippen LogP contribution in [0, 0.1) is 18.8 Å². The molecule has 3 aliphatic rings. The number of aromatic nitrogens is 6. The number of aromatic amines is 2. The van der Waals surface area contributed by atoms with E-state index < -0.39 is 30.5 Å². The highest BCUT2D eigenvalue weighted by molar-refractivity contribution is 7.11. The first-order valence-corrected chi connectivity index (χ1v) is 24.4. The van der Waals surface area contributed by atoms with Gasteiger partial charge in [0.05, 0.1) is 71.2 Å². The van der Waals surface area contributed by atoms with Crippen molar-refractivity contribution < 1.29 is 33.4 Å². The number of hydrogen-bond donors (Lipinski definition) is 4. The summed E-state index contributed by atoms with van der Waals surface area (Å²) in [5, 5.41) is 7.54. The predicted octanol–water partition coefficient (Wildman–Crippen LogP) is 8.83. The van der Waals surface area contributed by atoms with Crippen molar-refractivity contribution in [2.24, 2.45) is 11.8 Å². The second-order valence-electron chi connectivity index (χ2n) is 18.7. The van der Waals surface area contributed by atoms with Crippen LogP contribution in [0.2, 0.25) is 0 Å². The molecule has 0 aliphatic carbocycles. The zero-order chi connectivity index (χ0) is 48.0. The number of aryl methyl sites for hydroxylation is 2. The lowest BCUT2D eigenvalue weighted by molar-refractivity contribution is -0.136. The Morgan fingerprint density at radius 3 is 1.94 bits per heavy atom. The Kier molecular flexibility index (Phi) is 13.1. The minimum atomic E-state index is -0.725. The Hall–Kier alpha value is -6.69. The lowest BCUT2D eigenvalue weighted by Gasteiger charge is -2.30. The normalized spacial score (nSPS) is 18.6. The van der Waals surface area contributed by atoms with E-state index in [-0.39, 0.29) is 35.7 Å². The number of likely N-dealkylation sites (tertiary alicyclic amines) is 2. The number of alkyl carbamates (subject to hydrolysis) is 2. The number of ether oxygens (including phenoxy) is 3. The molecule has 0 saturated carbocycles. The van der Waals surface area contributed by atoms with E-state index in [4.69, 9.17) is 29.2 Å². The van der Waals surface area contributed by atoms with E-state index in [1.807, 2.05) is 56.1 Å². The van der Waals surface area contributed by atoms with E-state index >= 15 is 0 Å². The number of carbonyl (C=O) groups excluding carboxylic acids is 4. The monoisotopic (exact) mass is 944 g/mol. The van der Waals surface area contributed by atoms with Gasteiger partial charge in [0.1, 0.15) is 29.5 Å². The summed E-state index contributed by atoms with van der Waals surface area (Å²) < 4.78 is 19.0. The lowest BCUT2D eigenvalue weighted by atomic mass is 9.98. The van der Waals surface area contributed by atoms with E-state index in [2.05, 4.69) is 75.4 Å². The molecule has 2 aromatic carbocycles. The summed E-state index contributed by atoms with van der Waals surface area (Å²) in [6.45, 7) is 13.0. The molecule has 3 aliphatic heterocycles. The molecule has 7 heterocycles. The molecule has 2 fully saturated rings. The molecule has 0 radical (unpaired) electrons. The van der Waals surface area contributed by atoms with Gasteiger partial charge >= 0.3 is 12.2 Å². The maximum atomic E-state index is 13.9. The molecule has 17 nitrogen and oxygen atoms in total. The maximum Gasteiger partial charge on any atom is 0.407 e. The SMILES string of the molecule is CCCc1ncc(C2Oc3cc(-c4cnc([C@@H]5CCCN5C(=O)[C@@H](NC(=O)OC)C(C)C)[nH]4)cc(C)c3-c3cc4cc(-c5cnc([C@@H]6CCCN6C(=O)[C@@H](NC(=O)OC)C(C)C)[nH]5)ccc4n32)s1. The van der Waals surface area contributed by atoms with Gasteiger partial charge in [-0.2, -0.15) is 0 Å². The van der Waals surface area contributed by atoms with Crippen LogP contribution < -0.4 is 15.4 Å². The summed E-state index contributed by atoms with van der Waals surface area (Å²) in [7, 11) is 2.59. The van der Waals surface area contributed by atoms with Crippen molar-refractivity contribution >= 4 is 46.2 Å². The van der Waals surface area contributed by atoms with Gasteiger partial charge in [-0.3, -0.25) is 14.2 Å². The van der Waals surface area contributed by atoms with Gasteiger partial charge in [-0.1, -0.05) is 40.7 Å². The van der Waals surface area contributed by atoms with Crippen molar-refractivity contribution in [3.63, 3.8) is 0 Å². The number of hydrogen-bond acceptors (Lipinski definition) is 11. The number of carbonyl (C=O) groups is 4. The van der Waals surface area contributed by atoms with Crippen LogP contribution in [0.25, 0.3) is 44.7 Å². The fourth-order valence-corrected chi connectivity index (χ4v) is 11.0. The van der Waals surface area contributed by atoms with Crippen molar-refractivity contribution in [1.29, 1.82) is 0 Å². The average molecular weight is 945 g/mol. The number of nitrogens with zero attached hydrogens (tertiary/aromatic N) is 6. The molecule has 18 heteroatoms. The van der Waals surface area contributed by atoms with E-state index in [0.29, 0.717) is 24.7 Å². The van der Waals surface area contributed by atoms with Crippen LogP contribution in [0.15, 0.2) is 55.0 Å². The summed E-state index contributed by atoms with van der Waals surface area (Å²) in [6.07, 6.45) is 8.84. The number of nitrogens with one attached hydrogen (secondary N) is 4. The molecule has 4 amide bonds. The highest BCUT2D eigenvalue weighted by Gasteiger charge is 2.40. The summed E-state index contributed by atoms with van der Waals surface area (Å²) in [4.78, 5) is 78.1. The van der Waals surface area contributed by atoms with E-state index in [1.54, 1.807) is 11.3 Å². The third-order valence-corrected chi connectivity index (χ3v) is 14.5. The predicted molar refractivity (Wildman–Crippen MR) is 258 cm³/mol. The summed E-state index contributed by atoms with van der Waals surface area (Å²) in [6, 6.07) is 10.9. The van der Waals surface area contributed by atoms with Gasteiger partial charge in [0.15, 0.2) is 0 Å². The summed E-state index contributed by atoms with van der Waals surface area (Å²) in [5.41, 5.74) is 7.54. The molecule has 0 spiro atoms. The number of amides is 4. The Morgan fingerprint density at radius 1 is 0.794 bits per heavy atom. The summed E-state index contributed by atoms with van der Waals surface area (Å²) >= 11 is 1.67. The van der Waals surface area contributed by atoms with Crippen LogP contribution in [0.3, 0.4) is 0 Å². The number of fused-ring (bicyclic) bond motifs is 5. The van der Waals surface area contributed by atoms with E-state index in [0.717, 1.165) is 104 Å². The minimum Gasteiger partial charge on any atom is -0.464 e.